The molecule has 0 aliphatic carbocycles. The van der Waals surface area contributed by atoms with Crippen molar-refractivity contribution in [3.05, 3.63) is 39.3 Å². The summed E-state index contributed by atoms with van der Waals surface area (Å²) in [4.78, 5) is 26.6. The van der Waals surface area contributed by atoms with Crippen LogP contribution in [0.2, 0.25) is 5.02 Å². The summed E-state index contributed by atoms with van der Waals surface area (Å²) >= 11 is 9.46. The van der Waals surface area contributed by atoms with Crippen molar-refractivity contribution < 1.29 is 19.2 Å². The van der Waals surface area contributed by atoms with Crippen LogP contribution in [0, 0.1) is 5.92 Å². The van der Waals surface area contributed by atoms with Crippen molar-refractivity contribution in [2.24, 2.45) is 5.92 Å². The molecule has 1 aliphatic heterocycles. The molecule has 0 amide bonds. The largest absolute Gasteiger partial charge is 0.480 e. The Morgan fingerprint density at radius 2 is 2.03 bits per heavy atom. The zero-order valence-corrected chi connectivity index (χ0v) is 17.9. The van der Waals surface area contributed by atoms with E-state index >= 15 is 0 Å². The molecule has 1 aliphatic rings. The Bertz CT molecular complexity index is 1090. The van der Waals surface area contributed by atoms with E-state index in [0.717, 1.165) is 9.27 Å². The number of anilines is 1. The van der Waals surface area contributed by atoms with E-state index < -0.39 is 12.5 Å². The first-order chi connectivity index (χ1) is 14.4. The van der Waals surface area contributed by atoms with Crippen molar-refractivity contribution in [3.8, 4) is 11.6 Å². The van der Waals surface area contributed by atoms with Gasteiger partial charge in [-0.05, 0) is 36.3 Å². The third-order valence-corrected chi connectivity index (χ3v) is 5.76. The van der Waals surface area contributed by atoms with Crippen LogP contribution < -0.4 is 4.90 Å². The first kappa shape index (κ1) is 20.5. The van der Waals surface area contributed by atoms with Gasteiger partial charge < -0.3 is 14.5 Å². The number of benzene rings is 1. The van der Waals surface area contributed by atoms with Crippen LogP contribution in [0.4, 0.5) is 5.82 Å². The highest BCUT2D eigenvalue weighted by Crippen LogP contribution is 2.30. The highest BCUT2D eigenvalue weighted by molar-refractivity contribution is 9.10. The molecule has 0 atom stereocenters. The molecule has 0 bridgehead atoms. The van der Waals surface area contributed by atoms with Gasteiger partial charge >= 0.3 is 5.97 Å². The van der Waals surface area contributed by atoms with Crippen molar-refractivity contribution in [1.82, 2.24) is 25.4 Å². The maximum atomic E-state index is 12.9. The number of carboxylic acids is 1. The number of aromatic nitrogens is 5. The van der Waals surface area contributed by atoms with Crippen LogP contribution in [0.25, 0.3) is 11.6 Å². The van der Waals surface area contributed by atoms with Crippen LogP contribution in [0.3, 0.4) is 0 Å². The number of nitrogens with zero attached hydrogens (tertiary/aromatic N) is 6. The second-order valence-corrected chi connectivity index (χ2v) is 8.13. The summed E-state index contributed by atoms with van der Waals surface area (Å²) in [5.41, 5.74) is 0.597. The monoisotopic (exact) mass is 494 g/mol. The van der Waals surface area contributed by atoms with E-state index in [1.807, 2.05) is 4.90 Å². The Balaban J connectivity index is 1.40. The number of carbonyl (C=O) groups excluding carboxylic acids is 1. The lowest BCUT2D eigenvalue weighted by molar-refractivity contribution is -0.138. The van der Waals surface area contributed by atoms with Gasteiger partial charge in [0.15, 0.2) is 18.1 Å². The van der Waals surface area contributed by atoms with E-state index in [9.17, 15) is 9.59 Å². The standard InChI is InChI=1S/C18H16BrClN6O4/c19-13-2-1-11(20)7-12(13)17(29)10-3-5-25(6-4-10)15-8-14(30-23-15)18-21-24-26(22-18)9-16(27)28/h1-2,7-8,10H,3-6,9H2,(H,27,28). The predicted octanol–water partition coefficient (Wildman–Crippen LogP) is 2.93. The number of carboxylic acid groups (broad SMARTS) is 1. The van der Waals surface area contributed by atoms with Gasteiger partial charge in [-0.2, -0.15) is 4.80 Å². The maximum Gasteiger partial charge on any atom is 0.327 e. The summed E-state index contributed by atoms with van der Waals surface area (Å²) in [5.74, 6) is -0.0356. The van der Waals surface area contributed by atoms with Gasteiger partial charge in [0.25, 0.3) is 0 Å². The van der Waals surface area contributed by atoms with Gasteiger partial charge in [0.1, 0.15) is 0 Å². The second kappa shape index (κ2) is 8.52. The lowest BCUT2D eigenvalue weighted by Crippen LogP contribution is -2.36. The summed E-state index contributed by atoms with van der Waals surface area (Å²) in [6.07, 6.45) is 1.35. The molecule has 10 nitrogen and oxygen atoms in total. The Morgan fingerprint density at radius 3 is 2.77 bits per heavy atom. The predicted molar refractivity (Wildman–Crippen MR) is 109 cm³/mol. The molecule has 1 saturated heterocycles. The molecule has 2 aromatic heterocycles. The van der Waals surface area contributed by atoms with Gasteiger partial charge in [0.2, 0.25) is 11.6 Å². The van der Waals surface area contributed by atoms with Crippen LogP contribution in [-0.4, -0.2) is 55.3 Å². The molecular weight excluding hydrogens is 480 g/mol. The molecule has 0 saturated carbocycles. The van der Waals surface area contributed by atoms with Gasteiger partial charge in [-0.1, -0.05) is 32.7 Å². The van der Waals surface area contributed by atoms with Gasteiger partial charge in [0, 0.05) is 40.1 Å². The summed E-state index contributed by atoms with van der Waals surface area (Å²) in [6.45, 7) is 0.887. The van der Waals surface area contributed by atoms with E-state index in [1.54, 1.807) is 24.3 Å². The molecule has 0 radical (unpaired) electrons. The second-order valence-electron chi connectivity index (χ2n) is 6.84. The van der Waals surface area contributed by atoms with Crippen molar-refractivity contribution in [2.45, 2.75) is 19.4 Å². The van der Waals surface area contributed by atoms with E-state index in [-0.39, 0.29) is 17.5 Å². The number of hydrogen-bond donors (Lipinski definition) is 1. The summed E-state index contributed by atoms with van der Waals surface area (Å²) in [7, 11) is 0. The smallest absolute Gasteiger partial charge is 0.327 e. The Hall–Kier alpha value is -2.79. The Labute approximate surface area is 183 Å². The zero-order chi connectivity index (χ0) is 21.3. The normalized spacial score (nSPS) is 14.8. The Kier molecular flexibility index (Phi) is 5.82. The summed E-state index contributed by atoms with van der Waals surface area (Å²) in [5, 5.41) is 24.8. The molecule has 1 aromatic carbocycles. The molecule has 156 valence electrons. The van der Waals surface area contributed by atoms with Gasteiger partial charge in [0.05, 0.1) is 0 Å². The minimum absolute atomic E-state index is 0.0733. The molecule has 4 rings (SSSR count). The number of ketones is 1. The Morgan fingerprint density at radius 1 is 1.27 bits per heavy atom. The number of rotatable bonds is 6. The van der Waals surface area contributed by atoms with Crippen LogP contribution in [-0.2, 0) is 11.3 Å². The third-order valence-electron chi connectivity index (χ3n) is 4.83. The third kappa shape index (κ3) is 4.36. The number of halogens is 2. The number of hydrogen-bond acceptors (Lipinski definition) is 8. The topological polar surface area (TPSA) is 127 Å². The first-order valence-corrected chi connectivity index (χ1v) is 10.3. The summed E-state index contributed by atoms with van der Waals surface area (Å²) in [6, 6.07) is 6.89. The molecule has 12 heteroatoms. The average molecular weight is 496 g/mol. The van der Waals surface area contributed by atoms with Crippen LogP contribution in [0.1, 0.15) is 23.2 Å². The lowest BCUT2D eigenvalue weighted by Gasteiger charge is -2.31. The molecule has 30 heavy (non-hydrogen) atoms. The van der Waals surface area contributed by atoms with E-state index in [4.69, 9.17) is 21.2 Å². The fraction of sp³-hybridized carbons (Fsp3) is 0.333. The molecule has 0 spiro atoms. The van der Waals surface area contributed by atoms with Gasteiger partial charge in [-0.25, -0.2) is 0 Å². The van der Waals surface area contributed by atoms with Gasteiger partial charge in [-0.15, -0.1) is 10.2 Å². The highest BCUT2D eigenvalue weighted by atomic mass is 79.9. The van der Waals surface area contributed by atoms with Crippen molar-refractivity contribution >= 4 is 45.1 Å². The lowest BCUT2D eigenvalue weighted by atomic mass is 9.89. The fourth-order valence-electron chi connectivity index (χ4n) is 3.33. The first-order valence-electron chi connectivity index (χ1n) is 9.11. The molecule has 3 aromatic rings. The van der Waals surface area contributed by atoms with E-state index in [0.29, 0.717) is 48.1 Å². The molecule has 1 N–H and O–H groups in total. The van der Waals surface area contributed by atoms with Crippen LogP contribution >= 0.6 is 27.5 Å². The molecule has 0 unspecified atom stereocenters. The van der Waals surface area contributed by atoms with Crippen molar-refractivity contribution in [3.63, 3.8) is 0 Å². The van der Waals surface area contributed by atoms with Gasteiger partial charge in [-0.3, -0.25) is 9.59 Å². The van der Waals surface area contributed by atoms with Crippen LogP contribution in [0.5, 0.6) is 0 Å². The van der Waals surface area contributed by atoms with E-state index in [1.165, 1.54) is 0 Å². The molecule has 3 heterocycles. The maximum absolute atomic E-state index is 12.9. The number of tetrazole rings is 1. The average Bonchev–Trinajstić information content (AvgIpc) is 3.38. The number of aliphatic carboxylic acids is 1. The number of Topliss-reactive ketones (excluding diaryl/α,β-unsaturated/α-hetero) is 1. The SMILES string of the molecule is O=C(O)Cn1nnc(-c2cc(N3CCC(C(=O)c4cc(Cl)ccc4Br)CC3)no2)n1. The highest BCUT2D eigenvalue weighted by Gasteiger charge is 2.28. The van der Waals surface area contributed by atoms with Crippen molar-refractivity contribution in [1.29, 1.82) is 0 Å². The molecular formula is C18H16BrClN6O4. The summed E-state index contributed by atoms with van der Waals surface area (Å²) < 4.78 is 6.03. The minimum Gasteiger partial charge on any atom is -0.480 e. The zero-order valence-electron chi connectivity index (χ0n) is 15.5. The molecule has 1 fully saturated rings. The van der Waals surface area contributed by atoms with Crippen LogP contribution in [0.15, 0.2) is 33.3 Å². The number of carbonyl (C=O) groups is 2. The van der Waals surface area contributed by atoms with Crippen molar-refractivity contribution in [2.75, 3.05) is 18.0 Å². The number of piperidine rings is 1. The minimum atomic E-state index is -1.07. The quantitative estimate of drug-likeness (QED) is 0.513. The van der Waals surface area contributed by atoms with E-state index in [2.05, 4.69) is 36.5 Å². The fourth-order valence-corrected chi connectivity index (χ4v) is 3.94.